The van der Waals surface area contributed by atoms with Gasteiger partial charge in [-0.15, -0.1) is 0 Å². The van der Waals surface area contributed by atoms with Gasteiger partial charge in [0.05, 0.1) is 6.54 Å². The first-order valence-electron chi connectivity index (χ1n) is 6.67. The van der Waals surface area contributed by atoms with Crippen LogP contribution in [0.5, 0.6) is 0 Å². The number of anilines is 1. The van der Waals surface area contributed by atoms with Gasteiger partial charge in [-0.05, 0) is 32.0 Å². The number of nitrogens with zero attached hydrogens (tertiary/aromatic N) is 2. The van der Waals surface area contributed by atoms with Crippen molar-refractivity contribution in [2.75, 3.05) is 5.32 Å². The zero-order valence-corrected chi connectivity index (χ0v) is 12.1. The quantitative estimate of drug-likeness (QED) is 0.877. The third kappa shape index (κ3) is 3.60. The van der Waals surface area contributed by atoms with Crippen LogP contribution in [-0.4, -0.2) is 21.5 Å². The summed E-state index contributed by atoms with van der Waals surface area (Å²) in [5.74, 6) is 0.891. The molecule has 5 heteroatoms. The van der Waals surface area contributed by atoms with E-state index in [4.69, 9.17) is 0 Å². The monoisotopic (exact) mass is 272 g/mol. The molecule has 20 heavy (non-hydrogen) atoms. The Hall–Kier alpha value is -2.30. The van der Waals surface area contributed by atoms with Gasteiger partial charge in [0.1, 0.15) is 5.82 Å². The first kappa shape index (κ1) is 14.1. The van der Waals surface area contributed by atoms with Crippen molar-refractivity contribution in [3.8, 4) is 0 Å². The van der Waals surface area contributed by atoms with E-state index in [1.807, 2.05) is 55.9 Å². The van der Waals surface area contributed by atoms with Crippen molar-refractivity contribution in [3.63, 3.8) is 0 Å². The van der Waals surface area contributed by atoms with Crippen LogP contribution in [-0.2, 0) is 13.6 Å². The molecule has 1 heterocycles. The highest BCUT2D eigenvalue weighted by atomic mass is 16.1. The number of rotatable bonds is 5. The van der Waals surface area contributed by atoms with Crippen LogP contribution in [0, 0.1) is 0 Å². The van der Waals surface area contributed by atoms with Gasteiger partial charge >= 0.3 is 0 Å². The fraction of sp³-hybridized carbons (Fsp3) is 0.333. The number of nitrogens with one attached hydrogen (secondary N) is 2. The Morgan fingerprint density at radius 2 is 2.20 bits per heavy atom. The molecule has 1 aromatic heterocycles. The molecule has 0 fully saturated rings. The molecule has 106 valence electrons. The Morgan fingerprint density at radius 1 is 1.40 bits per heavy atom. The first-order valence-corrected chi connectivity index (χ1v) is 6.67. The number of imidazole rings is 1. The molecule has 0 saturated carbocycles. The van der Waals surface area contributed by atoms with Crippen LogP contribution in [0.15, 0.2) is 36.7 Å². The van der Waals surface area contributed by atoms with E-state index in [9.17, 15) is 4.79 Å². The van der Waals surface area contributed by atoms with E-state index in [1.54, 1.807) is 6.20 Å². The Kier molecular flexibility index (Phi) is 4.40. The summed E-state index contributed by atoms with van der Waals surface area (Å²) in [6, 6.07) is 7.60. The minimum Gasteiger partial charge on any atom is -0.378 e. The first-order chi connectivity index (χ1) is 9.56. The van der Waals surface area contributed by atoms with E-state index in [-0.39, 0.29) is 11.9 Å². The molecule has 5 nitrogen and oxygen atoms in total. The van der Waals surface area contributed by atoms with Crippen LogP contribution in [0.2, 0.25) is 0 Å². The number of hydrogen-bond donors (Lipinski definition) is 2. The molecular weight excluding hydrogens is 252 g/mol. The molecule has 0 atom stereocenters. The lowest BCUT2D eigenvalue weighted by Gasteiger charge is -2.10. The van der Waals surface area contributed by atoms with Crippen molar-refractivity contribution in [1.82, 2.24) is 14.9 Å². The van der Waals surface area contributed by atoms with E-state index in [0.29, 0.717) is 12.1 Å². The lowest BCUT2D eigenvalue weighted by Crippen LogP contribution is -2.30. The van der Waals surface area contributed by atoms with Crippen LogP contribution in [0.4, 0.5) is 5.69 Å². The number of aryl methyl sites for hydroxylation is 1. The molecule has 0 aliphatic rings. The minimum absolute atomic E-state index is 0.0550. The zero-order valence-electron chi connectivity index (χ0n) is 12.1. The van der Waals surface area contributed by atoms with Crippen LogP contribution < -0.4 is 10.6 Å². The van der Waals surface area contributed by atoms with Gasteiger partial charge in [-0.1, -0.05) is 6.07 Å². The lowest BCUT2D eigenvalue weighted by atomic mass is 10.2. The van der Waals surface area contributed by atoms with Gasteiger partial charge in [0, 0.05) is 36.7 Å². The largest absolute Gasteiger partial charge is 0.378 e. The standard InChI is InChI=1S/C15H20N4O/c1-11(2)18-15(20)12-5-4-6-13(9-12)17-10-14-16-7-8-19(14)3/h4-9,11,17H,10H2,1-3H3,(H,18,20). The van der Waals surface area contributed by atoms with Gasteiger partial charge in [-0.3, -0.25) is 4.79 Å². The van der Waals surface area contributed by atoms with Crippen molar-refractivity contribution in [2.45, 2.75) is 26.4 Å². The molecule has 1 amide bonds. The highest BCUT2D eigenvalue weighted by molar-refractivity contribution is 5.95. The molecule has 0 bridgehead atoms. The van der Waals surface area contributed by atoms with Gasteiger partial charge in [0.2, 0.25) is 0 Å². The van der Waals surface area contributed by atoms with Crippen LogP contribution in [0.3, 0.4) is 0 Å². The molecule has 0 aliphatic carbocycles. The number of aromatic nitrogens is 2. The number of carbonyl (C=O) groups is 1. The highest BCUT2D eigenvalue weighted by Gasteiger charge is 2.07. The van der Waals surface area contributed by atoms with Gasteiger partial charge < -0.3 is 15.2 Å². The molecule has 2 rings (SSSR count). The summed E-state index contributed by atoms with van der Waals surface area (Å²) < 4.78 is 1.96. The fourth-order valence-electron chi connectivity index (χ4n) is 1.86. The molecule has 0 saturated heterocycles. The van der Waals surface area contributed by atoms with Crippen molar-refractivity contribution in [3.05, 3.63) is 48.0 Å². The van der Waals surface area contributed by atoms with E-state index in [1.165, 1.54) is 0 Å². The second-order valence-electron chi connectivity index (χ2n) is 5.02. The summed E-state index contributed by atoms with van der Waals surface area (Å²) >= 11 is 0. The summed E-state index contributed by atoms with van der Waals surface area (Å²) in [7, 11) is 1.95. The second-order valence-corrected chi connectivity index (χ2v) is 5.02. The predicted octanol–water partition coefficient (Wildman–Crippen LogP) is 2.17. The van der Waals surface area contributed by atoms with Crippen molar-refractivity contribution in [2.24, 2.45) is 7.05 Å². The molecule has 0 radical (unpaired) electrons. The molecule has 0 spiro atoms. The molecule has 0 aliphatic heterocycles. The van der Waals surface area contributed by atoms with Crippen molar-refractivity contribution < 1.29 is 4.79 Å². The second kappa shape index (κ2) is 6.23. The number of amides is 1. The summed E-state index contributed by atoms with van der Waals surface area (Å²) in [5.41, 5.74) is 1.56. The van der Waals surface area contributed by atoms with Gasteiger partial charge in [-0.2, -0.15) is 0 Å². The lowest BCUT2D eigenvalue weighted by molar-refractivity contribution is 0.0943. The highest BCUT2D eigenvalue weighted by Crippen LogP contribution is 2.12. The summed E-state index contributed by atoms with van der Waals surface area (Å²) in [6.45, 7) is 4.51. The molecular formula is C15H20N4O. The predicted molar refractivity (Wildman–Crippen MR) is 79.6 cm³/mol. The van der Waals surface area contributed by atoms with Crippen molar-refractivity contribution in [1.29, 1.82) is 0 Å². The van der Waals surface area contributed by atoms with Crippen LogP contribution in [0.1, 0.15) is 30.0 Å². The fourth-order valence-corrected chi connectivity index (χ4v) is 1.86. The summed E-state index contributed by atoms with van der Waals surface area (Å²) in [5, 5.41) is 6.15. The molecule has 2 N–H and O–H groups in total. The van der Waals surface area contributed by atoms with Gasteiger partial charge in [0.25, 0.3) is 5.91 Å². The third-order valence-electron chi connectivity index (χ3n) is 2.92. The Bertz CT molecular complexity index is 589. The van der Waals surface area contributed by atoms with Crippen LogP contribution in [0.25, 0.3) is 0 Å². The molecule has 2 aromatic rings. The smallest absolute Gasteiger partial charge is 0.251 e. The van der Waals surface area contributed by atoms with Gasteiger partial charge in [-0.25, -0.2) is 4.98 Å². The van der Waals surface area contributed by atoms with Crippen LogP contribution >= 0.6 is 0 Å². The Labute approximate surface area is 119 Å². The summed E-state index contributed by atoms with van der Waals surface area (Å²) in [4.78, 5) is 16.2. The SMILES string of the molecule is CC(C)NC(=O)c1cccc(NCc2nccn2C)c1. The third-order valence-corrected chi connectivity index (χ3v) is 2.92. The van der Waals surface area contributed by atoms with E-state index in [0.717, 1.165) is 11.5 Å². The maximum atomic E-state index is 11.9. The number of carbonyl (C=O) groups excluding carboxylic acids is 1. The minimum atomic E-state index is -0.0550. The van der Waals surface area contributed by atoms with E-state index >= 15 is 0 Å². The average Bonchev–Trinajstić information content (AvgIpc) is 2.81. The maximum absolute atomic E-state index is 11.9. The summed E-state index contributed by atoms with van der Waals surface area (Å²) in [6.07, 6.45) is 3.67. The molecule has 1 aromatic carbocycles. The maximum Gasteiger partial charge on any atom is 0.251 e. The number of hydrogen-bond acceptors (Lipinski definition) is 3. The zero-order chi connectivity index (χ0) is 14.5. The Morgan fingerprint density at radius 3 is 2.85 bits per heavy atom. The van der Waals surface area contributed by atoms with Crippen molar-refractivity contribution >= 4 is 11.6 Å². The van der Waals surface area contributed by atoms with E-state index in [2.05, 4.69) is 15.6 Å². The topological polar surface area (TPSA) is 59.0 Å². The molecule has 0 unspecified atom stereocenters. The normalized spacial score (nSPS) is 10.6. The number of benzene rings is 1. The van der Waals surface area contributed by atoms with E-state index < -0.39 is 0 Å². The Balaban J connectivity index is 2.02. The average molecular weight is 272 g/mol. The van der Waals surface area contributed by atoms with Gasteiger partial charge in [0.15, 0.2) is 0 Å².